The largest absolute Gasteiger partial charge is 0.333 e. The molecule has 2 heterocycles. The van der Waals surface area contributed by atoms with E-state index in [1.807, 2.05) is 131 Å². The Morgan fingerprint density at radius 1 is 0.722 bits per heavy atom. The van der Waals surface area contributed by atoms with Crippen molar-refractivity contribution in [3.8, 4) is 39.5 Å². The fourth-order valence-electron chi connectivity index (χ4n) is 7.28. The van der Waals surface area contributed by atoms with Gasteiger partial charge in [-0.25, -0.2) is 0 Å². The molecule has 0 spiro atoms. The van der Waals surface area contributed by atoms with Crippen molar-refractivity contribution >= 4 is 11.0 Å². The van der Waals surface area contributed by atoms with Crippen LogP contribution < -0.4 is 0 Å². The first-order valence-corrected chi connectivity index (χ1v) is 18.8. The van der Waals surface area contributed by atoms with Crippen molar-refractivity contribution in [1.82, 2.24) is 14.5 Å². The molecule has 3 nitrogen and oxygen atoms in total. The van der Waals surface area contributed by atoms with Crippen molar-refractivity contribution in [3.63, 3.8) is 0 Å². The van der Waals surface area contributed by atoms with E-state index >= 15 is 0 Å². The SMILES string of the molecule is [2H]C(C)(C)c1cccc(C([2H])(C)C)c1-n1c(-c2[c-]cccc2)nc2ccccc21.[2H]C1(c2ccc(-c3ccnc(-c4[c-]cccc4)c3)cc2)CCC(C)(C)CC1.[Ir]. The molecule has 2 aromatic heterocycles. The van der Waals surface area contributed by atoms with Gasteiger partial charge in [0.1, 0.15) is 0 Å². The zero-order valence-electron chi connectivity index (χ0n) is 35.2. The fourth-order valence-corrected chi connectivity index (χ4v) is 7.28. The third-order valence-corrected chi connectivity index (χ3v) is 10.4. The third-order valence-electron chi connectivity index (χ3n) is 10.4. The number of para-hydroxylation sites is 3. The van der Waals surface area contributed by atoms with E-state index in [1.54, 1.807) is 0 Å². The maximum Gasteiger partial charge on any atom is 0.0774 e. The number of imidazole rings is 1. The smallest absolute Gasteiger partial charge is 0.0774 e. The molecule has 7 aromatic rings. The molecule has 1 fully saturated rings. The summed E-state index contributed by atoms with van der Waals surface area (Å²) in [5.41, 5.74) is 11.1. The summed E-state index contributed by atoms with van der Waals surface area (Å²) in [5, 5.41) is 0. The van der Waals surface area contributed by atoms with Crippen molar-refractivity contribution in [2.75, 3.05) is 0 Å². The minimum absolute atomic E-state index is 0. The number of benzene rings is 5. The molecule has 54 heavy (non-hydrogen) atoms. The van der Waals surface area contributed by atoms with Crippen LogP contribution in [0.5, 0.6) is 0 Å². The summed E-state index contributed by atoms with van der Waals surface area (Å²) >= 11 is 0. The predicted molar refractivity (Wildman–Crippen MR) is 222 cm³/mol. The quantitative estimate of drug-likeness (QED) is 0.149. The van der Waals surface area contributed by atoms with Crippen LogP contribution >= 0.6 is 0 Å². The molecule has 0 aliphatic heterocycles. The van der Waals surface area contributed by atoms with Gasteiger partial charge in [0.15, 0.2) is 0 Å². The van der Waals surface area contributed by atoms with Crippen LogP contribution in [-0.4, -0.2) is 14.5 Å². The van der Waals surface area contributed by atoms with Gasteiger partial charge in [0.25, 0.3) is 0 Å². The number of aromatic nitrogens is 3. The molecule has 1 radical (unpaired) electrons. The number of rotatable bonds is 7. The molecule has 0 N–H and O–H groups in total. The Morgan fingerprint density at radius 3 is 1.94 bits per heavy atom. The maximum absolute atomic E-state index is 8.95. The summed E-state index contributed by atoms with van der Waals surface area (Å²) in [4.78, 5) is 9.40. The van der Waals surface area contributed by atoms with E-state index in [2.05, 4.69) is 65.9 Å². The number of hydrogen-bond donors (Lipinski definition) is 0. The molecule has 277 valence electrons. The van der Waals surface area contributed by atoms with Crippen LogP contribution in [0, 0.1) is 17.5 Å². The minimum Gasteiger partial charge on any atom is -0.333 e. The van der Waals surface area contributed by atoms with Crippen LogP contribution in [0.2, 0.25) is 0 Å². The molecule has 0 bridgehead atoms. The molecule has 1 aliphatic rings. The van der Waals surface area contributed by atoms with Gasteiger partial charge in [0.05, 0.1) is 16.9 Å². The van der Waals surface area contributed by atoms with Gasteiger partial charge in [0, 0.05) is 36.1 Å². The topological polar surface area (TPSA) is 30.7 Å². The average Bonchev–Trinajstić information content (AvgIpc) is 3.59. The summed E-state index contributed by atoms with van der Waals surface area (Å²) in [7, 11) is 0. The standard InChI is InChI=1S/C25H25N2.C25H26N.Ir/c1-17(2)20-13-10-14-21(18(3)4)24(20)27-23-16-9-8-15-22(23)26-25(27)19-11-6-5-7-12-19;1-25(2)15-12-21(13-16-25)19-8-10-20(11-9-19)23-14-17-26-24(18-23)22-6-4-3-5-7-22;/h5-11,13-18H,1-4H3;3-6,8-11,14,17-18,21H,12-13,15-16H2,1-2H3;/q2*-1;/i17D,18D;21D;. The summed E-state index contributed by atoms with van der Waals surface area (Å²) in [6, 6.07) is 49.0. The van der Waals surface area contributed by atoms with Gasteiger partial charge in [0.2, 0.25) is 0 Å². The molecule has 1 saturated carbocycles. The Bertz CT molecular complexity index is 2380. The van der Waals surface area contributed by atoms with Crippen molar-refractivity contribution in [3.05, 3.63) is 162 Å². The van der Waals surface area contributed by atoms with E-state index in [-0.39, 0.29) is 20.1 Å². The van der Waals surface area contributed by atoms with Crippen LogP contribution in [0.4, 0.5) is 0 Å². The average molecular weight is 889 g/mol. The van der Waals surface area contributed by atoms with Crippen LogP contribution in [0.15, 0.2) is 134 Å². The maximum atomic E-state index is 8.95. The van der Waals surface area contributed by atoms with Crippen molar-refractivity contribution in [2.45, 2.75) is 84.9 Å². The van der Waals surface area contributed by atoms with Gasteiger partial charge >= 0.3 is 0 Å². The van der Waals surface area contributed by atoms with Gasteiger partial charge < -0.3 is 9.55 Å². The number of hydrogen-bond acceptors (Lipinski definition) is 2. The van der Waals surface area contributed by atoms with Crippen LogP contribution in [-0.2, 0) is 20.1 Å². The normalized spacial score (nSPS) is 15.9. The molecule has 8 rings (SSSR count). The molecule has 4 heteroatoms. The number of fused-ring (bicyclic) bond motifs is 1. The zero-order chi connectivity index (χ0) is 39.7. The monoisotopic (exact) mass is 889 g/mol. The fraction of sp³-hybridized carbons (Fsp3) is 0.280. The second kappa shape index (κ2) is 17.2. The van der Waals surface area contributed by atoms with Gasteiger partial charge in [-0.1, -0.05) is 102 Å². The minimum atomic E-state index is -0.834. The molecule has 0 saturated heterocycles. The molecule has 5 aromatic carbocycles. The van der Waals surface area contributed by atoms with E-state index in [0.717, 1.165) is 92.9 Å². The van der Waals surface area contributed by atoms with Gasteiger partial charge in [-0.05, 0) is 100 Å². The first-order chi connectivity index (χ1) is 26.6. The molecular weight excluding hydrogens is 835 g/mol. The Labute approximate surface area is 340 Å². The van der Waals surface area contributed by atoms with Gasteiger partial charge in [-0.3, -0.25) is 4.98 Å². The summed E-state index contributed by atoms with van der Waals surface area (Å²) < 4.78 is 28.7. The Hall–Kier alpha value is -4.63. The second-order valence-electron chi connectivity index (χ2n) is 15.3. The Morgan fingerprint density at radius 2 is 1.33 bits per heavy atom. The first kappa shape index (κ1) is 35.1. The van der Waals surface area contributed by atoms with Crippen LogP contribution in [0.25, 0.3) is 50.5 Å². The molecule has 0 unspecified atom stereocenters. The summed E-state index contributed by atoms with van der Waals surface area (Å²) in [6.45, 7) is 12.2. The Kier molecular flexibility index (Phi) is 11.2. The molecular formula is C50H51IrN3-2. The van der Waals surface area contributed by atoms with E-state index in [0.29, 0.717) is 5.41 Å². The predicted octanol–water partition coefficient (Wildman–Crippen LogP) is 13.6. The van der Waals surface area contributed by atoms with Crippen molar-refractivity contribution in [1.29, 1.82) is 0 Å². The summed E-state index contributed by atoms with van der Waals surface area (Å²) in [6.07, 6.45) is 6.00. The van der Waals surface area contributed by atoms with E-state index in [9.17, 15) is 0 Å². The first-order valence-electron chi connectivity index (χ1n) is 20.3. The zero-order valence-corrected chi connectivity index (χ0v) is 34.6. The van der Waals surface area contributed by atoms with E-state index < -0.39 is 17.7 Å². The number of nitrogens with zero attached hydrogens (tertiary/aromatic N) is 3. The van der Waals surface area contributed by atoms with Gasteiger partial charge in [-0.15, -0.1) is 71.8 Å². The van der Waals surface area contributed by atoms with Crippen molar-refractivity contribution in [2.24, 2.45) is 5.41 Å². The van der Waals surface area contributed by atoms with Crippen LogP contribution in [0.1, 0.15) is 106 Å². The molecule has 0 amide bonds. The number of pyridine rings is 1. The molecule has 1 aliphatic carbocycles. The third kappa shape index (κ3) is 8.67. The van der Waals surface area contributed by atoms with E-state index in [1.165, 1.54) is 0 Å². The van der Waals surface area contributed by atoms with Crippen LogP contribution in [0.3, 0.4) is 0 Å². The second-order valence-corrected chi connectivity index (χ2v) is 15.3. The molecule has 0 atom stereocenters. The summed E-state index contributed by atoms with van der Waals surface area (Å²) in [5.74, 6) is -1.33. The van der Waals surface area contributed by atoms with Crippen molar-refractivity contribution < 1.29 is 24.2 Å². The van der Waals surface area contributed by atoms with E-state index in [4.69, 9.17) is 9.10 Å². The van der Waals surface area contributed by atoms with Gasteiger partial charge in [-0.2, -0.15) is 0 Å². The Balaban J connectivity index is 0.000000190.